The molecule has 2 heterocycles. The van der Waals surface area contributed by atoms with Gasteiger partial charge in [0.2, 0.25) is 11.8 Å². The Morgan fingerprint density at radius 3 is 2.90 bits per heavy atom. The maximum absolute atomic E-state index is 11.6. The lowest BCUT2D eigenvalue weighted by molar-refractivity contribution is -0.113. The lowest BCUT2D eigenvalue weighted by atomic mass is 10.3. The molecule has 8 nitrogen and oxygen atoms in total. The molecule has 1 amide bonds. The maximum atomic E-state index is 11.6. The molecule has 0 aromatic carbocycles. The first-order valence-electron chi connectivity index (χ1n) is 5.47. The fourth-order valence-electron chi connectivity index (χ4n) is 1.30. The lowest BCUT2D eigenvalue weighted by Crippen LogP contribution is -2.14. The second-order valence-electron chi connectivity index (χ2n) is 3.62. The van der Waals surface area contributed by atoms with Gasteiger partial charge in [0, 0.05) is 13.1 Å². The van der Waals surface area contributed by atoms with Crippen LogP contribution in [0, 0.1) is 6.92 Å². The zero-order valence-electron chi connectivity index (χ0n) is 10.4. The molecule has 20 heavy (non-hydrogen) atoms. The number of hydrogen-bond acceptors (Lipinski definition) is 7. The molecule has 0 aliphatic carbocycles. The van der Waals surface area contributed by atoms with Gasteiger partial charge in [-0.15, -0.1) is 5.10 Å². The lowest BCUT2D eigenvalue weighted by Gasteiger charge is -2.03. The average molecular weight is 294 g/mol. The van der Waals surface area contributed by atoms with Crippen molar-refractivity contribution in [3.8, 4) is 0 Å². The van der Waals surface area contributed by atoms with Crippen molar-refractivity contribution >= 4 is 29.7 Å². The van der Waals surface area contributed by atoms with E-state index in [1.165, 1.54) is 18.3 Å². The first-order chi connectivity index (χ1) is 9.56. The van der Waals surface area contributed by atoms with Gasteiger partial charge in [0.15, 0.2) is 0 Å². The fourth-order valence-corrected chi connectivity index (χ4v) is 2.09. The monoisotopic (exact) mass is 294 g/mol. The molecule has 0 saturated carbocycles. The van der Waals surface area contributed by atoms with Gasteiger partial charge in [-0.1, -0.05) is 16.9 Å². The third-order valence-electron chi connectivity index (χ3n) is 2.11. The predicted molar refractivity (Wildman–Crippen MR) is 69.6 cm³/mol. The largest absolute Gasteiger partial charge is 0.478 e. The summed E-state index contributed by atoms with van der Waals surface area (Å²) < 4.78 is 4.99. The van der Waals surface area contributed by atoms with Crippen LogP contribution in [0.1, 0.15) is 16.2 Å². The van der Waals surface area contributed by atoms with Crippen LogP contribution in [0.5, 0.6) is 0 Å². The Labute approximate surface area is 117 Å². The molecule has 0 atom stereocenters. The highest BCUT2D eigenvalue weighted by Gasteiger charge is 2.14. The normalized spacial score (nSPS) is 10.2. The van der Waals surface area contributed by atoms with Gasteiger partial charge in [-0.2, -0.15) is 0 Å². The van der Waals surface area contributed by atoms with Crippen LogP contribution < -0.4 is 5.32 Å². The van der Waals surface area contributed by atoms with E-state index in [4.69, 9.17) is 9.52 Å². The number of carboxylic acids is 1. The third-order valence-corrected chi connectivity index (χ3v) is 3.12. The maximum Gasteiger partial charge on any atom is 0.338 e. The van der Waals surface area contributed by atoms with Crippen LogP contribution in [0.4, 0.5) is 6.01 Å². The van der Waals surface area contributed by atoms with Gasteiger partial charge >= 0.3 is 12.0 Å². The standard InChI is InChI=1S/C11H10N4O4S/c1-6-14-15-11(19-6)13-8(16)5-20-9-7(10(17)18)3-2-4-12-9/h2-4H,5H2,1H3,(H,17,18)(H,13,15,16). The summed E-state index contributed by atoms with van der Waals surface area (Å²) >= 11 is 1.02. The van der Waals surface area contributed by atoms with Crippen LogP contribution in [0.2, 0.25) is 0 Å². The van der Waals surface area contributed by atoms with Gasteiger partial charge < -0.3 is 9.52 Å². The molecule has 2 N–H and O–H groups in total. The zero-order chi connectivity index (χ0) is 14.5. The van der Waals surface area contributed by atoms with Gasteiger partial charge in [0.25, 0.3) is 0 Å². The first-order valence-corrected chi connectivity index (χ1v) is 6.46. The van der Waals surface area contributed by atoms with Gasteiger partial charge in [-0.3, -0.25) is 10.1 Å². The molecule has 9 heteroatoms. The molecule has 0 aliphatic heterocycles. The van der Waals surface area contributed by atoms with E-state index in [0.717, 1.165) is 11.8 Å². The van der Waals surface area contributed by atoms with Crippen molar-refractivity contribution in [2.24, 2.45) is 0 Å². The smallest absolute Gasteiger partial charge is 0.338 e. The number of aryl methyl sites for hydroxylation is 1. The molecule has 0 spiro atoms. The van der Waals surface area contributed by atoms with Crippen LogP contribution in [0.15, 0.2) is 27.8 Å². The van der Waals surface area contributed by atoms with E-state index in [1.807, 2.05) is 0 Å². The molecule has 0 unspecified atom stereocenters. The fraction of sp³-hybridized carbons (Fsp3) is 0.182. The predicted octanol–water partition coefficient (Wildman–Crippen LogP) is 1.20. The number of pyridine rings is 1. The van der Waals surface area contributed by atoms with Crippen molar-refractivity contribution < 1.29 is 19.1 Å². The molecule has 0 bridgehead atoms. The van der Waals surface area contributed by atoms with Crippen LogP contribution in [0.25, 0.3) is 0 Å². The van der Waals surface area contributed by atoms with Crippen molar-refractivity contribution in [2.45, 2.75) is 11.9 Å². The Morgan fingerprint density at radius 1 is 1.45 bits per heavy atom. The van der Waals surface area contributed by atoms with Crippen LogP contribution in [-0.2, 0) is 4.79 Å². The molecule has 0 fully saturated rings. The number of rotatable bonds is 5. The number of carbonyl (C=O) groups is 2. The van der Waals surface area contributed by atoms with E-state index < -0.39 is 5.97 Å². The van der Waals surface area contributed by atoms with E-state index >= 15 is 0 Å². The van der Waals surface area contributed by atoms with Crippen LogP contribution >= 0.6 is 11.8 Å². The highest BCUT2D eigenvalue weighted by molar-refractivity contribution is 8.00. The minimum Gasteiger partial charge on any atom is -0.478 e. The number of carbonyl (C=O) groups excluding carboxylic acids is 1. The summed E-state index contributed by atoms with van der Waals surface area (Å²) in [6, 6.07) is 2.96. The second-order valence-corrected chi connectivity index (χ2v) is 4.59. The van der Waals surface area contributed by atoms with Crippen molar-refractivity contribution in [1.29, 1.82) is 0 Å². The molecule has 104 valence electrons. The number of aromatic nitrogens is 3. The summed E-state index contributed by atoms with van der Waals surface area (Å²) in [6.07, 6.45) is 1.47. The number of aromatic carboxylic acids is 1. The topological polar surface area (TPSA) is 118 Å². The molecule has 0 saturated heterocycles. The Balaban J connectivity index is 1.95. The van der Waals surface area contributed by atoms with Gasteiger partial charge in [-0.25, -0.2) is 9.78 Å². The summed E-state index contributed by atoms with van der Waals surface area (Å²) in [6.45, 7) is 1.60. The number of hydrogen-bond donors (Lipinski definition) is 2. The van der Waals surface area contributed by atoms with Gasteiger partial charge in [-0.05, 0) is 12.1 Å². The van der Waals surface area contributed by atoms with Crippen molar-refractivity contribution in [2.75, 3.05) is 11.1 Å². The minimum absolute atomic E-state index is 0.00702. The van der Waals surface area contributed by atoms with Gasteiger partial charge in [0.1, 0.15) is 5.03 Å². The Bertz CT molecular complexity index is 643. The average Bonchev–Trinajstić information content (AvgIpc) is 2.82. The van der Waals surface area contributed by atoms with E-state index in [1.54, 1.807) is 6.92 Å². The minimum atomic E-state index is -1.09. The summed E-state index contributed by atoms with van der Waals surface area (Å²) in [5, 5.41) is 18.8. The molecular weight excluding hydrogens is 284 g/mol. The Morgan fingerprint density at radius 2 is 2.25 bits per heavy atom. The van der Waals surface area contributed by atoms with E-state index in [0.29, 0.717) is 5.89 Å². The summed E-state index contributed by atoms with van der Waals surface area (Å²) in [7, 11) is 0. The molecule has 0 aliphatic rings. The highest BCUT2D eigenvalue weighted by Crippen LogP contribution is 2.20. The Hall–Kier alpha value is -2.42. The van der Waals surface area contributed by atoms with Crippen molar-refractivity contribution in [3.63, 3.8) is 0 Å². The van der Waals surface area contributed by atoms with E-state index in [-0.39, 0.29) is 28.3 Å². The number of thioether (sulfide) groups is 1. The van der Waals surface area contributed by atoms with Gasteiger partial charge in [0.05, 0.1) is 11.3 Å². The SMILES string of the molecule is Cc1nnc(NC(=O)CSc2ncccc2C(=O)O)o1. The van der Waals surface area contributed by atoms with Crippen LogP contribution in [-0.4, -0.2) is 37.9 Å². The molecule has 2 aromatic heterocycles. The second kappa shape index (κ2) is 6.15. The number of nitrogens with zero attached hydrogens (tertiary/aromatic N) is 3. The molecule has 2 rings (SSSR count). The van der Waals surface area contributed by atoms with Crippen molar-refractivity contribution in [3.05, 3.63) is 29.8 Å². The number of anilines is 1. The van der Waals surface area contributed by atoms with Crippen molar-refractivity contribution in [1.82, 2.24) is 15.2 Å². The van der Waals surface area contributed by atoms with Crippen LogP contribution in [0.3, 0.4) is 0 Å². The summed E-state index contributed by atoms with van der Waals surface area (Å²) in [5.74, 6) is -1.15. The number of amides is 1. The quantitative estimate of drug-likeness (QED) is 0.790. The molecule has 0 radical (unpaired) electrons. The number of carboxylic acid groups (broad SMARTS) is 1. The number of nitrogens with one attached hydrogen (secondary N) is 1. The molecule has 2 aromatic rings. The molecular formula is C11H10N4O4S. The third kappa shape index (κ3) is 3.54. The van der Waals surface area contributed by atoms with E-state index in [9.17, 15) is 9.59 Å². The van der Waals surface area contributed by atoms with E-state index in [2.05, 4.69) is 20.5 Å². The summed E-state index contributed by atoms with van der Waals surface area (Å²) in [5.41, 5.74) is 0.0546. The Kier molecular flexibility index (Phi) is 4.31. The highest BCUT2D eigenvalue weighted by atomic mass is 32.2. The zero-order valence-corrected chi connectivity index (χ0v) is 11.2. The summed E-state index contributed by atoms with van der Waals surface area (Å²) in [4.78, 5) is 26.5. The first kappa shape index (κ1) is 14.0.